The molecule has 0 saturated carbocycles. The van der Waals surface area contributed by atoms with Gasteiger partial charge in [0.15, 0.2) is 5.78 Å². The van der Waals surface area contributed by atoms with Gasteiger partial charge in [-0.25, -0.2) is 0 Å². The molecule has 1 aromatic heterocycles. The van der Waals surface area contributed by atoms with E-state index < -0.39 is 0 Å². The van der Waals surface area contributed by atoms with Crippen LogP contribution < -0.4 is 5.32 Å². The van der Waals surface area contributed by atoms with Crippen LogP contribution in [-0.4, -0.2) is 16.0 Å². The Kier molecular flexibility index (Phi) is 4.21. The highest BCUT2D eigenvalue weighted by Crippen LogP contribution is 2.49. The first-order valence-electron chi connectivity index (χ1n) is 9.55. The van der Waals surface area contributed by atoms with Crippen LogP contribution in [0.15, 0.2) is 64.3 Å². The molecule has 3 aromatic rings. The first-order valence-corrected chi connectivity index (χ1v) is 9.93. The van der Waals surface area contributed by atoms with E-state index in [-0.39, 0.29) is 23.4 Å². The molecule has 0 saturated heterocycles. The lowest BCUT2D eigenvalue weighted by molar-refractivity contribution is -0.116. The number of rotatable bonds is 2. The minimum atomic E-state index is -0.248. The first kappa shape index (κ1) is 18.0. The number of nitrogens with one attached hydrogen (secondary N) is 1. The number of aryl methyl sites for hydroxylation is 1. The first-order chi connectivity index (χ1) is 14.0. The van der Waals surface area contributed by atoms with Crippen molar-refractivity contribution in [3.63, 3.8) is 0 Å². The van der Waals surface area contributed by atoms with Crippen LogP contribution in [0, 0.1) is 6.92 Å². The number of phenols is 1. The zero-order chi connectivity index (χ0) is 20.1. The third-order valence-electron chi connectivity index (χ3n) is 5.84. The van der Waals surface area contributed by atoms with Crippen LogP contribution in [0.5, 0.6) is 5.75 Å². The Morgan fingerprint density at radius 1 is 1.14 bits per heavy atom. The third kappa shape index (κ3) is 2.93. The standard InChI is InChI=1S/C23H19ClN2O3/c1-12-20-21(13-6-8-15(24)9-7-13)22-17(25-23(20)29-26-12)10-14(11-19(22)28)16-4-2-3-5-18(16)27/h2-9,14,21,25,27H,10-11H2,1H3/t14-,21+/m0/s1. The summed E-state index contributed by atoms with van der Waals surface area (Å²) >= 11 is 6.08. The molecule has 146 valence electrons. The molecule has 29 heavy (non-hydrogen) atoms. The Morgan fingerprint density at radius 3 is 2.66 bits per heavy atom. The van der Waals surface area contributed by atoms with Gasteiger partial charge in [0.25, 0.3) is 0 Å². The maximum absolute atomic E-state index is 13.4. The smallest absolute Gasteiger partial charge is 0.233 e. The zero-order valence-electron chi connectivity index (χ0n) is 15.8. The second-order valence-corrected chi connectivity index (χ2v) is 8.04. The van der Waals surface area contributed by atoms with Crippen molar-refractivity contribution in [1.82, 2.24) is 5.16 Å². The second-order valence-electron chi connectivity index (χ2n) is 7.60. The highest BCUT2D eigenvalue weighted by molar-refractivity contribution is 6.30. The van der Waals surface area contributed by atoms with Crippen LogP contribution in [-0.2, 0) is 4.79 Å². The number of nitrogens with zero attached hydrogens (tertiary/aromatic N) is 1. The molecule has 2 aliphatic rings. The Morgan fingerprint density at radius 2 is 1.90 bits per heavy atom. The third-order valence-corrected chi connectivity index (χ3v) is 6.09. The summed E-state index contributed by atoms with van der Waals surface area (Å²) in [6.07, 6.45) is 0.962. The molecule has 5 nitrogen and oxygen atoms in total. The lowest BCUT2D eigenvalue weighted by atomic mass is 9.72. The van der Waals surface area contributed by atoms with Gasteiger partial charge in [-0.1, -0.05) is 47.1 Å². The Balaban J connectivity index is 1.63. The summed E-state index contributed by atoms with van der Waals surface area (Å²) in [6.45, 7) is 1.89. The largest absolute Gasteiger partial charge is 0.508 e. The molecule has 0 fully saturated rings. The number of para-hydroxylation sites is 1. The van der Waals surface area contributed by atoms with Gasteiger partial charge in [-0.15, -0.1) is 0 Å². The number of Topliss-reactive ketones (excluding diaryl/α,β-unsaturated/α-hetero) is 1. The van der Waals surface area contributed by atoms with E-state index in [0.29, 0.717) is 23.7 Å². The van der Waals surface area contributed by atoms with Crippen molar-refractivity contribution in [2.75, 3.05) is 5.32 Å². The average molecular weight is 407 g/mol. The molecule has 0 bridgehead atoms. The molecule has 2 atom stereocenters. The number of fused-ring (bicyclic) bond motifs is 1. The van der Waals surface area contributed by atoms with Gasteiger partial charge in [0.05, 0.1) is 11.3 Å². The number of hydrogen-bond acceptors (Lipinski definition) is 5. The summed E-state index contributed by atoms with van der Waals surface area (Å²) in [5, 5.41) is 18.3. The number of aromatic hydroxyl groups is 1. The van der Waals surface area contributed by atoms with E-state index in [1.807, 2.05) is 43.3 Å². The molecular weight excluding hydrogens is 388 g/mol. The van der Waals surface area contributed by atoms with Gasteiger partial charge in [-0.3, -0.25) is 4.79 Å². The van der Waals surface area contributed by atoms with Crippen LogP contribution in [0.3, 0.4) is 0 Å². The normalized spacial score (nSPS) is 20.8. The van der Waals surface area contributed by atoms with Crippen molar-refractivity contribution in [3.05, 3.63) is 87.2 Å². The monoisotopic (exact) mass is 406 g/mol. The number of aromatic nitrogens is 1. The van der Waals surface area contributed by atoms with E-state index in [4.69, 9.17) is 16.1 Å². The van der Waals surface area contributed by atoms with E-state index in [1.165, 1.54) is 0 Å². The minimum Gasteiger partial charge on any atom is -0.508 e. The zero-order valence-corrected chi connectivity index (χ0v) is 16.5. The number of ketones is 1. The summed E-state index contributed by atoms with van der Waals surface area (Å²) in [5.74, 6) is 0.523. The number of halogens is 1. The SMILES string of the molecule is Cc1noc2c1[C@@H](c1ccc(Cl)cc1)C1=C(C[C@H](c3ccccc3O)CC1=O)N2. The van der Waals surface area contributed by atoms with Crippen LogP contribution in [0.1, 0.15) is 47.1 Å². The number of benzene rings is 2. The van der Waals surface area contributed by atoms with E-state index in [0.717, 1.165) is 33.7 Å². The Hall–Kier alpha value is -3.05. The van der Waals surface area contributed by atoms with Crippen molar-refractivity contribution >= 4 is 23.3 Å². The maximum Gasteiger partial charge on any atom is 0.233 e. The van der Waals surface area contributed by atoms with Crippen LogP contribution >= 0.6 is 11.6 Å². The highest BCUT2D eigenvalue weighted by Gasteiger charge is 2.41. The van der Waals surface area contributed by atoms with Crippen LogP contribution in [0.4, 0.5) is 5.88 Å². The lowest BCUT2D eigenvalue weighted by Gasteiger charge is -2.34. The molecule has 1 aliphatic carbocycles. The van der Waals surface area contributed by atoms with E-state index in [2.05, 4.69) is 10.5 Å². The number of phenolic OH excluding ortho intramolecular Hbond substituents is 1. The molecule has 0 spiro atoms. The van der Waals surface area contributed by atoms with Crippen molar-refractivity contribution < 1.29 is 14.4 Å². The molecule has 0 radical (unpaired) electrons. The Labute approximate surface area is 173 Å². The van der Waals surface area contributed by atoms with Crippen molar-refractivity contribution in [2.45, 2.75) is 31.6 Å². The van der Waals surface area contributed by atoms with Crippen molar-refractivity contribution in [1.29, 1.82) is 0 Å². The summed E-state index contributed by atoms with van der Waals surface area (Å²) in [6, 6.07) is 14.8. The van der Waals surface area contributed by atoms with Gasteiger partial charge in [0, 0.05) is 34.5 Å². The van der Waals surface area contributed by atoms with Crippen LogP contribution in [0.25, 0.3) is 0 Å². The fourth-order valence-electron chi connectivity index (χ4n) is 4.51. The van der Waals surface area contributed by atoms with Gasteiger partial charge in [0.1, 0.15) is 5.75 Å². The molecule has 2 N–H and O–H groups in total. The molecule has 0 unspecified atom stereocenters. The fourth-order valence-corrected chi connectivity index (χ4v) is 4.64. The van der Waals surface area contributed by atoms with Gasteiger partial charge in [-0.2, -0.15) is 0 Å². The molecule has 2 aromatic carbocycles. The molecule has 1 aliphatic heterocycles. The van der Waals surface area contributed by atoms with Gasteiger partial charge in [-0.05, 0) is 42.7 Å². The average Bonchev–Trinajstić information content (AvgIpc) is 3.08. The summed E-state index contributed by atoms with van der Waals surface area (Å²) in [4.78, 5) is 13.4. The molecule has 5 rings (SSSR count). The second kappa shape index (κ2) is 6.78. The minimum absolute atomic E-state index is 0.0678. The molecule has 6 heteroatoms. The Bertz CT molecular complexity index is 1150. The topological polar surface area (TPSA) is 75.4 Å². The van der Waals surface area contributed by atoms with Gasteiger partial charge < -0.3 is 14.9 Å². The fraction of sp³-hybridized carbons (Fsp3) is 0.217. The predicted octanol–water partition coefficient (Wildman–Crippen LogP) is 5.30. The predicted molar refractivity (Wildman–Crippen MR) is 110 cm³/mol. The summed E-state index contributed by atoms with van der Waals surface area (Å²) in [7, 11) is 0. The number of carbonyl (C=O) groups is 1. The highest BCUT2D eigenvalue weighted by atomic mass is 35.5. The van der Waals surface area contributed by atoms with E-state index in [1.54, 1.807) is 12.1 Å². The van der Waals surface area contributed by atoms with Crippen molar-refractivity contribution in [3.8, 4) is 5.75 Å². The van der Waals surface area contributed by atoms with Crippen LogP contribution in [0.2, 0.25) is 5.02 Å². The lowest BCUT2D eigenvalue weighted by Crippen LogP contribution is -2.29. The maximum atomic E-state index is 13.4. The molecular formula is C23H19ClN2O3. The number of allylic oxidation sites excluding steroid dienone is 2. The van der Waals surface area contributed by atoms with E-state index >= 15 is 0 Å². The van der Waals surface area contributed by atoms with E-state index in [9.17, 15) is 9.90 Å². The number of anilines is 1. The number of carbonyl (C=O) groups excluding carboxylic acids is 1. The molecule has 2 heterocycles. The summed E-state index contributed by atoms with van der Waals surface area (Å²) in [5.41, 5.74) is 4.99. The van der Waals surface area contributed by atoms with Crippen molar-refractivity contribution in [2.24, 2.45) is 0 Å². The van der Waals surface area contributed by atoms with Gasteiger partial charge in [0.2, 0.25) is 5.88 Å². The quantitative estimate of drug-likeness (QED) is 0.604. The van der Waals surface area contributed by atoms with Gasteiger partial charge >= 0.3 is 0 Å². The summed E-state index contributed by atoms with van der Waals surface area (Å²) < 4.78 is 5.53. The number of hydrogen-bond donors (Lipinski definition) is 2. The molecule has 0 amide bonds.